The number of hydrogen-bond donors (Lipinski definition) is 2. The minimum atomic E-state index is -0.110. The third-order valence-corrected chi connectivity index (χ3v) is 3.50. The Bertz CT molecular complexity index is 574. The monoisotopic (exact) mass is 326 g/mol. The van der Waals surface area contributed by atoms with Gasteiger partial charge in [0.25, 0.3) is 0 Å². The number of carbonyl (C=O) groups excluding carboxylic acids is 2. The molecule has 2 aromatic heterocycles. The van der Waals surface area contributed by atoms with Gasteiger partial charge < -0.3 is 10.6 Å². The van der Waals surface area contributed by atoms with Gasteiger partial charge >= 0.3 is 0 Å². The number of aromatic nitrogens is 2. The van der Waals surface area contributed by atoms with Crippen LogP contribution in [0.5, 0.6) is 0 Å². The van der Waals surface area contributed by atoms with Crippen molar-refractivity contribution in [3.8, 4) is 0 Å². The number of amides is 2. The fourth-order valence-corrected chi connectivity index (χ4v) is 2.19. The van der Waals surface area contributed by atoms with Crippen LogP contribution in [0.1, 0.15) is 24.0 Å². The molecule has 2 heterocycles. The maximum Gasteiger partial charge on any atom is 0.220 e. The molecule has 0 aliphatic carbocycles. The van der Waals surface area contributed by atoms with Gasteiger partial charge in [-0.3, -0.25) is 19.6 Å². The van der Waals surface area contributed by atoms with E-state index in [1.54, 1.807) is 24.8 Å². The van der Waals surface area contributed by atoms with Crippen molar-refractivity contribution in [3.63, 3.8) is 0 Å². The second kappa shape index (κ2) is 10.1. The van der Waals surface area contributed by atoms with E-state index >= 15 is 0 Å². The highest BCUT2D eigenvalue weighted by atomic mass is 16.2. The number of nitrogens with one attached hydrogen (secondary N) is 2. The lowest BCUT2D eigenvalue weighted by atomic mass is 10.2. The summed E-state index contributed by atoms with van der Waals surface area (Å²) < 4.78 is 0. The van der Waals surface area contributed by atoms with Crippen LogP contribution in [0.2, 0.25) is 0 Å². The summed E-state index contributed by atoms with van der Waals surface area (Å²) in [5.74, 6) is -0.220. The van der Waals surface area contributed by atoms with Gasteiger partial charge in [0.2, 0.25) is 11.8 Å². The zero-order valence-corrected chi connectivity index (χ0v) is 13.6. The number of pyridine rings is 2. The second-order valence-electron chi connectivity index (χ2n) is 5.42. The first kappa shape index (κ1) is 17.6. The Morgan fingerprint density at radius 2 is 1.25 bits per heavy atom. The van der Waals surface area contributed by atoms with E-state index in [1.165, 1.54) is 0 Å². The van der Waals surface area contributed by atoms with E-state index in [2.05, 4.69) is 20.6 Å². The maximum atomic E-state index is 11.7. The van der Waals surface area contributed by atoms with E-state index in [1.807, 2.05) is 24.3 Å². The molecule has 24 heavy (non-hydrogen) atoms. The Kier molecular flexibility index (Phi) is 7.40. The van der Waals surface area contributed by atoms with E-state index in [4.69, 9.17) is 0 Å². The zero-order chi connectivity index (χ0) is 17.0. The molecule has 0 spiro atoms. The molecular formula is C18H22N4O2. The van der Waals surface area contributed by atoms with Gasteiger partial charge in [-0.2, -0.15) is 0 Å². The molecule has 2 N–H and O–H groups in total. The largest absolute Gasteiger partial charge is 0.356 e. The maximum absolute atomic E-state index is 11.7. The summed E-state index contributed by atoms with van der Waals surface area (Å²) in [6.45, 7) is 1.10. The number of carbonyl (C=O) groups is 2. The highest BCUT2D eigenvalue weighted by molar-refractivity contribution is 5.83. The first-order chi connectivity index (χ1) is 11.7. The van der Waals surface area contributed by atoms with Gasteiger partial charge in [-0.15, -0.1) is 0 Å². The van der Waals surface area contributed by atoms with Gasteiger partial charge in [-0.25, -0.2) is 0 Å². The van der Waals surface area contributed by atoms with Crippen LogP contribution in [0.15, 0.2) is 49.1 Å². The molecule has 0 aliphatic rings. The van der Waals surface area contributed by atoms with E-state index in [9.17, 15) is 9.59 Å². The van der Waals surface area contributed by atoms with Crippen molar-refractivity contribution in [2.75, 3.05) is 13.1 Å². The minimum Gasteiger partial charge on any atom is -0.356 e. The average Bonchev–Trinajstić information content (AvgIpc) is 2.62. The van der Waals surface area contributed by atoms with E-state index in [0.717, 1.165) is 24.0 Å². The Balaban J connectivity index is 1.53. The summed E-state index contributed by atoms with van der Waals surface area (Å²) in [5, 5.41) is 5.63. The molecule has 0 aromatic carbocycles. The van der Waals surface area contributed by atoms with Gasteiger partial charge in [-0.1, -0.05) is 12.1 Å². The van der Waals surface area contributed by atoms with Crippen LogP contribution in [0, 0.1) is 0 Å². The topological polar surface area (TPSA) is 84.0 Å². The normalized spacial score (nSPS) is 10.2. The molecule has 2 rings (SSSR count). The molecule has 0 bridgehead atoms. The molecule has 126 valence electrons. The summed E-state index contributed by atoms with van der Waals surface area (Å²) in [5.41, 5.74) is 2.15. The third kappa shape index (κ3) is 7.00. The van der Waals surface area contributed by atoms with Gasteiger partial charge in [0.05, 0.1) is 0 Å². The SMILES string of the molecule is O=C(CCC(=O)NCCc1cccnc1)NCCc1cccnc1. The van der Waals surface area contributed by atoms with Gasteiger partial charge in [0.15, 0.2) is 0 Å². The van der Waals surface area contributed by atoms with E-state index < -0.39 is 0 Å². The molecule has 2 amide bonds. The summed E-state index contributed by atoms with van der Waals surface area (Å²) in [6, 6.07) is 7.67. The fraction of sp³-hybridized carbons (Fsp3) is 0.333. The van der Waals surface area contributed by atoms with Crippen LogP contribution < -0.4 is 10.6 Å². The minimum absolute atomic E-state index is 0.110. The molecule has 0 radical (unpaired) electrons. The number of nitrogens with zero attached hydrogens (tertiary/aromatic N) is 2. The lowest BCUT2D eigenvalue weighted by Crippen LogP contribution is -2.29. The number of rotatable bonds is 9. The fourth-order valence-electron chi connectivity index (χ4n) is 2.19. The van der Waals surface area contributed by atoms with Crippen molar-refractivity contribution in [1.29, 1.82) is 0 Å². The van der Waals surface area contributed by atoms with Crippen molar-refractivity contribution in [2.24, 2.45) is 0 Å². The van der Waals surface area contributed by atoms with Crippen LogP contribution in [-0.2, 0) is 22.4 Å². The molecule has 0 unspecified atom stereocenters. The van der Waals surface area contributed by atoms with Gasteiger partial charge in [0.1, 0.15) is 0 Å². The zero-order valence-electron chi connectivity index (χ0n) is 13.6. The van der Waals surface area contributed by atoms with Crippen molar-refractivity contribution in [3.05, 3.63) is 60.2 Å². The van der Waals surface area contributed by atoms with Crippen LogP contribution in [0.4, 0.5) is 0 Å². The van der Waals surface area contributed by atoms with Crippen LogP contribution in [0.25, 0.3) is 0 Å². The van der Waals surface area contributed by atoms with Gasteiger partial charge in [-0.05, 0) is 36.1 Å². The molecule has 0 saturated carbocycles. The van der Waals surface area contributed by atoms with Crippen molar-refractivity contribution < 1.29 is 9.59 Å². The second-order valence-corrected chi connectivity index (χ2v) is 5.42. The Morgan fingerprint density at radius 3 is 1.62 bits per heavy atom. The summed E-state index contributed by atoms with van der Waals surface area (Å²) in [4.78, 5) is 31.5. The Hall–Kier alpha value is -2.76. The number of hydrogen-bond acceptors (Lipinski definition) is 4. The summed E-state index contributed by atoms with van der Waals surface area (Å²) in [6.07, 6.45) is 8.86. The van der Waals surface area contributed by atoms with Crippen molar-refractivity contribution in [1.82, 2.24) is 20.6 Å². The molecule has 2 aromatic rings. The van der Waals surface area contributed by atoms with E-state index in [-0.39, 0.29) is 24.7 Å². The molecule has 0 saturated heterocycles. The molecule has 0 aliphatic heterocycles. The molecular weight excluding hydrogens is 304 g/mol. The molecule has 0 atom stereocenters. The van der Waals surface area contributed by atoms with Crippen LogP contribution in [-0.4, -0.2) is 34.9 Å². The predicted octanol–water partition coefficient (Wildman–Crippen LogP) is 1.27. The summed E-state index contributed by atoms with van der Waals surface area (Å²) in [7, 11) is 0. The van der Waals surface area contributed by atoms with Crippen LogP contribution >= 0.6 is 0 Å². The molecule has 6 heteroatoms. The highest BCUT2D eigenvalue weighted by Crippen LogP contribution is 1.97. The first-order valence-electron chi connectivity index (χ1n) is 8.05. The van der Waals surface area contributed by atoms with Crippen molar-refractivity contribution in [2.45, 2.75) is 25.7 Å². The first-order valence-corrected chi connectivity index (χ1v) is 8.05. The predicted molar refractivity (Wildman–Crippen MR) is 91.1 cm³/mol. The molecule has 0 fully saturated rings. The third-order valence-electron chi connectivity index (χ3n) is 3.50. The summed E-state index contributed by atoms with van der Waals surface area (Å²) >= 11 is 0. The van der Waals surface area contributed by atoms with E-state index in [0.29, 0.717) is 13.1 Å². The quantitative estimate of drug-likeness (QED) is 0.727. The average molecular weight is 326 g/mol. The standard InChI is InChI=1S/C18H22N4O2/c23-17(21-11-7-15-3-1-9-19-13-15)5-6-18(24)22-12-8-16-4-2-10-20-14-16/h1-4,9-10,13-14H,5-8,11-12H2,(H,21,23)(H,22,24). The Morgan fingerprint density at radius 1 is 0.792 bits per heavy atom. The lowest BCUT2D eigenvalue weighted by molar-refractivity contribution is -0.126. The van der Waals surface area contributed by atoms with Crippen LogP contribution in [0.3, 0.4) is 0 Å². The van der Waals surface area contributed by atoms with Gasteiger partial charge in [0, 0.05) is 50.7 Å². The van der Waals surface area contributed by atoms with Crippen molar-refractivity contribution >= 4 is 11.8 Å². The smallest absolute Gasteiger partial charge is 0.220 e. The lowest BCUT2D eigenvalue weighted by Gasteiger charge is -2.06. The Labute approximate surface area is 141 Å². The molecule has 6 nitrogen and oxygen atoms in total. The highest BCUT2D eigenvalue weighted by Gasteiger charge is 2.06.